The first-order valence-electron chi connectivity index (χ1n) is 4.77. The van der Waals surface area contributed by atoms with Crippen LogP contribution in [-0.4, -0.2) is 32.2 Å². The van der Waals surface area contributed by atoms with Gasteiger partial charge in [0.15, 0.2) is 6.29 Å². The fraction of sp³-hybridized carbons (Fsp3) is 0.636. The van der Waals surface area contributed by atoms with Crippen molar-refractivity contribution >= 4 is 0 Å². The average Bonchev–Trinajstić information content (AvgIpc) is 2.71. The van der Waals surface area contributed by atoms with Crippen LogP contribution in [0.15, 0.2) is 24.3 Å². The maximum atomic E-state index is 5.88. The molecule has 0 aromatic rings. The second kappa shape index (κ2) is 3.19. The molecule has 2 unspecified atom stereocenters. The van der Waals surface area contributed by atoms with Crippen molar-refractivity contribution in [2.24, 2.45) is 0 Å². The van der Waals surface area contributed by atoms with E-state index >= 15 is 0 Å². The molecule has 78 valence electrons. The van der Waals surface area contributed by atoms with Crippen molar-refractivity contribution in [3.05, 3.63) is 24.3 Å². The highest BCUT2D eigenvalue weighted by atomic mass is 16.7. The van der Waals surface area contributed by atoms with E-state index in [9.17, 15) is 0 Å². The van der Waals surface area contributed by atoms with Crippen molar-refractivity contribution in [1.82, 2.24) is 0 Å². The zero-order chi connectivity index (χ0) is 10.3. The molecule has 2 atom stereocenters. The van der Waals surface area contributed by atoms with E-state index in [2.05, 4.69) is 13.2 Å². The standard InChI is InChI=1S/C11H16O3/c1-7-8(2)11(10(12-3)13-4)6-5-9(7)14-11/h9-10H,1-2,5-6H2,3-4H3. The molecule has 0 aromatic heterocycles. The first kappa shape index (κ1) is 9.90. The molecule has 0 N–H and O–H groups in total. The summed E-state index contributed by atoms with van der Waals surface area (Å²) in [5.41, 5.74) is 1.45. The Bertz CT molecular complexity index is 280. The SMILES string of the molecule is C=C1C(=C)C2(C(OC)OC)CCC1O2. The van der Waals surface area contributed by atoms with Gasteiger partial charge in [0, 0.05) is 14.2 Å². The lowest BCUT2D eigenvalue weighted by atomic mass is 9.81. The van der Waals surface area contributed by atoms with Gasteiger partial charge >= 0.3 is 0 Å². The van der Waals surface area contributed by atoms with Gasteiger partial charge in [-0.1, -0.05) is 13.2 Å². The lowest BCUT2D eigenvalue weighted by Gasteiger charge is -2.33. The quantitative estimate of drug-likeness (QED) is 0.642. The molecule has 2 aliphatic rings. The van der Waals surface area contributed by atoms with Crippen LogP contribution in [0.2, 0.25) is 0 Å². The molecule has 3 nitrogen and oxygen atoms in total. The van der Waals surface area contributed by atoms with Crippen LogP contribution in [0.4, 0.5) is 0 Å². The Labute approximate surface area is 84.3 Å². The Balaban J connectivity index is 2.31. The number of hydrogen-bond acceptors (Lipinski definition) is 3. The van der Waals surface area contributed by atoms with E-state index in [4.69, 9.17) is 14.2 Å². The van der Waals surface area contributed by atoms with Crippen LogP contribution in [0.1, 0.15) is 12.8 Å². The van der Waals surface area contributed by atoms with Crippen LogP contribution in [0, 0.1) is 0 Å². The van der Waals surface area contributed by atoms with Gasteiger partial charge in [-0.3, -0.25) is 0 Å². The molecule has 0 radical (unpaired) electrons. The summed E-state index contributed by atoms with van der Waals surface area (Å²) in [6.45, 7) is 8.00. The molecule has 0 amide bonds. The molecule has 14 heavy (non-hydrogen) atoms. The van der Waals surface area contributed by atoms with E-state index in [1.807, 2.05) is 0 Å². The lowest BCUT2D eigenvalue weighted by molar-refractivity contribution is -0.199. The van der Waals surface area contributed by atoms with Crippen LogP contribution in [0.5, 0.6) is 0 Å². The van der Waals surface area contributed by atoms with E-state index in [-0.39, 0.29) is 12.4 Å². The minimum atomic E-state index is -0.481. The molecule has 2 aliphatic heterocycles. The van der Waals surface area contributed by atoms with Crippen LogP contribution < -0.4 is 0 Å². The number of methoxy groups -OCH3 is 2. The summed E-state index contributed by atoms with van der Waals surface area (Å²) in [5, 5.41) is 0. The van der Waals surface area contributed by atoms with Crippen LogP contribution in [0.3, 0.4) is 0 Å². The Morgan fingerprint density at radius 3 is 2.50 bits per heavy atom. The largest absolute Gasteiger partial charge is 0.357 e. The first-order chi connectivity index (χ1) is 6.65. The van der Waals surface area contributed by atoms with E-state index in [0.717, 1.165) is 24.0 Å². The average molecular weight is 196 g/mol. The molecule has 0 aromatic carbocycles. The number of fused-ring (bicyclic) bond motifs is 2. The number of hydrogen-bond donors (Lipinski definition) is 0. The van der Waals surface area contributed by atoms with Crippen molar-refractivity contribution in [1.29, 1.82) is 0 Å². The zero-order valence-corrected chi connectivity index (χ0v) is 8.71. The second-order valence-corrected chi connectivity index (χ2v) is 3.84. The highest BCUT2D eigenvalue weighted by molar-refractivity contribution is 5.45. The maximum Gasteiger partial charge on any atom is 0.190 e. The van der Waals surface area contributed by atoms with Crippen LogP contribution in [0.25, 0.3) is 0 Å². The molecule has 2 heterocycles. The summed E-state index contributed by atoms with van der Waals surface area (Å²) in [5.74, 6) is 0. The zero-order valence-electron chi connectivity index (χ0n) is 8.71. The molecule has 2 fully saturated rings. The van der Waals surface area contributed by atoms with E-state index in [0.29, 0.717) is 0 Å². The number of ether oxygens (including phenoxy) is 3. The van der Waals surface area contributed by atoms with Gasteiger partial charge < -0.3 is 14.2 Å². The third-order valence-electron chi connectivity index (χ3n) is 3.23. The van der Waals surface area contributed by atoms with Gasteiger partial charge in [-0.15, -0.1) is 0 Å². The van der Waals surface area contributed by atoms with Crippen LogP contribution >= 0.6 is 0 Å². The summed E-state index contributed by atoms with van der Waals surface area (Å²) in [7, 11) is 3.24. The van der Waals surface area contributed by atoms with Crippen molar-refractivity contribution in [3.8, 4) is 0 Å². The van der Waals surface area contributed by atoms with Gasteiger partial charge in [0.05, 0.1) is 6.10 Å². The monoisotopic (exact) mass is 196 g/mol. The third-order valence-corrected chi connectivity index (χ3v) is 3.23. The van der Waals surface area contributed by atoms with Gasteiger partial charge in [-0.2, -0.15) is 0 Å². The highest BCUT2D eigenvalue weighted by Gasteiger charge is 2.56. The van der Waals surface area contributed by atoms with Crippen molar-refractivity contribution in [3.63, 3.8) is 0 Å². The first-order valence-corrected chi connectivity index (χ1v) is 4.77. The minimum Gasteiger partial charge on any atom is -0.357 e. The Kier molecular flexibility index (Phi) is 2.26. The van der Waals surface area contributed by atoms with Gasteiger partial charge in [0.1, 0.15) is 5.60 Å². The van der Waals surface area contributed by atoms with Crippen LogP contribution in [-0.2, 0) is 14.2 Å². The van der Waals surface area contributed by atoms with Crippen molar-refractivity contribution < 1.29 is 14.2 Å². The smallest absolute Gasteiger partial charge is 0.190 e. The van der Waals surface area contributed by atoms with E-state index < -0.39 is 5.60 Å². The fourth-order valence-electron chi connectivity index (χ4n) is 2.44. The predicted molar refractivity (Wildman–Crippen MR) is 52.9 cm³/mol. The highest BCUT2D eigenvalue weighted by Crippen LogP contribution is 2.51. The summed E-state index contributed by atoms with van der Waals surface area (Å²) in [4.78, 5) is 0. The maximum absolute atomic E-state index is 5.88. The minimum absolute atomic E-state index is 0.121. The molecular formula is C11H16O3. The molecule has 2 rings (SSSR count). The third kappa shape index (κ3) is 1.03. The van der Waals surface area contributed by atoms with Gasteiger partial charge in [0.25, 0.3) is 0 Å². The summed E-state index contributed by atoms with van der Waals surface area (Å²) >= 11 is 0. The molecule has 0 saturated carbocycles. The Morgan fingerprint density at radius 1 is 1.43 bits per heavy atom. The lowest BCUT2D eigenvalue weighted by Crippen LogP contribution is -2.43. The fourth-order valence-corrected chi connectivity index (χ4v) is 2.44. The number of rotatable bonds is 3. The molecule has 2 bridgehead atoms. The topological polar surface area (TPSA) is 27.7 Å². The van der Waals surface area contributed by atoms with E-state index in [1.165, 1.54) is 0 Å². The van der Waals surface area contributed by atoms with Gasteiger partial charge in [0.2, 0.25) is 0 Å². The summed E-state index contributed by atoms with van der Waals surface area (Å²) in [6, 6.07) is 0. The Hall–Kier alpha value is -0.640. The normalized spacial score (nSPS) is 36.1. The van der Waals surface area contributed by atoms with Crippen molar-refractivity contribution in [2.45, 2.75) is 30.8 Å². The van der Waals surface area contributed by atoms with Gasteiger partial charge in [-0.05, 0) is 24.0 Å². The molecule has 2 saturated heterocycles. The summed E-state index contributed by atoms with van der Waals surface area (Å²) in [6.07, 6.45) is 1.64. The van der Waals surface area contributed by atoms with Crippen molar-refractivity contribution in [2.75, 3.05) is 14.2 Å². The summed E-state index contributed by atoms with van der Waals surface area (Å²) < 4.78 is 16.4. The Morgan fingerprint density at radius 2 is 2.07 bits per heavy atom. The molecule has 0 aliphatic carbocycles. The second-order valence-electron chi connectivity index (χ2n) is 3.84. The molecule has 3 heteroatoms. The van der Waals surface area contributed by atoms with E-state index in [1.54, 1.807) is 14.2 Å². The predicted octanol–water partition coefficient (Wildman–Crippen LogP) is 1.65. The molecular weight excluding hydrogens is 180 g/mol. The van der Waals surface area contributed by atoms with Gasteiger partial charge in [-0.25, -0.2) is 0 Å². The molecule has 0 spiro atoms.